The van der Waals surface area contributed by atoms with Crippen LogP contribution in [0.3, 0.4) is 0 Å². The molecule has 2 rings (SSSR count). The summed E-state index contributed by atoms with van der Waals surface area (Å²) in [6.45, 7) is 2.92. The van der Waals surface area contributed by atoms with E-state index in [1.165, 1.54) is 12.1 Å². The molecule has 0 saturated carbocycles. The number of benzene rings is 1. The molecule has 1 aromatic carbocycles. The molecule has 0 aliphatic carbocycles. The molecule has 1 aliphatic rings. The van der Waals surface area contributed by atoms with Gasteiger partial charge in [-0.3, -0.25) is 0 Å². The maximum atomic E-state index is 12.8. The van der Waals surface area contributed by atoms with E-state index in [1.54, 1.807) is 11.0 Å². The lowest BCUT2D eigenvalue weighted by molar-refractivity contribution is -0.137. The van der Waals surface area contributed by atoms with Crippen LogP contribution in [0.25, 0.3) is 0 Å². The molecule has 0 atom stereocenters. The van der Waals surface area contributed by atoms with Crippen LogP contribution in [0, 0.1) is 0 Å². The second-order valence-corrected chi connectivity index (χ2v) is 4.59. The second-order valence-electron chi connectivity index (χ2n) is 4.59. The summed E-state index contributed by atoms with van der Waals surface area (Å²) in [6.07, 6.45) is -3.53. The summed E-state index contributed by atoms with van der Waals surface area (Å²) in [6, 6.07) is 5.63. The van der Waals surface area contributed by atoms with E-state index in [9.17, 15) is 13.2 Å². The van der Waals surface area contributed by atoms with Crippen molar-refractivity contribution >= 4 is 5.69 Å². The Hall–Kier alpha value is -1.23. The van der Waals surface area contributed by atoms with Crippen molar-refractivity contribution < 1.29 is 13.2 Å². The molecular formula is C12H15F3N2. The molecule has 0 radical (unpaired) electrons. The van der Waals surface area contributed by atoms with Gasteiger partial charge in [0.1, 0.15) is 0 Å². The van der Waals surface area contributed by atoms with Gasteiger partial charge in [0.15, 0.2) is 0 Å². The number of alkyl halides is 3. The Morgan fingerprint density at radius 3 is 2.41 bits per heavy atom. The fraction of sp³-hybridized carbons (Fsp3) is 0.500. The standard InChI is InChI=1S/C12H15F3N2/c1-2-11(16)7-17(8-11)10-6-4-3-5-9(10)12(13,14)15/h3-6H,2,7-8,16H2,1H3. The Labute approximate surface area is 98.2 Å². The Bertz CT molecular complexity index is 408. The molecule has 2 nitrogen and oxygen atoms in total. The fourth-order valence-corrected chi connectivity index (χ4v) is 2.10. The van der Waals surface area contributed by atoms with Crippen LogP contribution in [-0.2, 0) is 6.18 Å². The van der Waals surface area contributed by atoms with Crippen molar-refractivity contribution in [2.45, 2.75) is 25.1 Å². The molecule has 1 aliphatic heterocycles. The van der Waals surface area contributed by atoms with Crippen LogP contribution in [0.4, 0.5) is 18.9 Å². The average molecular weight is 244 g/mol. The second kappa shape index (κ2) is 3.91. The quantitative estimate of drug-likeness (QED) is 0.866. The zero-order valence-corrected chi connectivity index (χ0v) is 9.59. The normalized spacial score (nSPS) is 19.0. The third-order valence-electron chi connectivity index (χ3n) is 3.27. The molecule has 0 aromatic heterocycles. The summed E-state index contributed by atoms with van der Waals surface area (Å²) in [5.74, 6) is 0. The lowest BCUT2D eigenvalue weighted by Gasteiger charge is -2.49. The molecule has 94 valence electrons. The van der Waals surface area contributed by atoms with Gasteiger partial charge in [-0.1, -0.05) is 19.1 Å². The van der Waals surface area contributed by atoms with Gasteiger partial charge in [-0.2, -0.15) is 13.2 Å². The summed E-state index contributed by atoms with van der Waals surface area (Å²) < 4.78 is 38.4. The predicted molar refractivity (Wildman–Crippen MR) is 60.9 cm³/mol. The van der Waals surface area contributed by atoms with Gasteiger partial charge in [-0.05, 0) is 18.6 Å². The highest BCUT2D eigenvalue weighted by atomic mass is 19.4. The van der Waals surface area contributed by atoms with Gasteiger partial charge in [0.05, 0.1) is 11.1 Å². The number of para-hydroxylation sites is 1. The van der Waals surface area contributed by atoms with Crippen molar-refractivity contribution in [2.24, 2.45) is 5.73 Å². The van der Waals surface area contributed by atoms with E-state index < -0.39 is 11.7 Å². The van der Waals surface area contributed by atoms with Gasteiger partial charge in [0, 0.05) is 18.8 Å². The highest BCUT2D eigenvalue weighted by Gasteiger charge is 2.42. The first-order chi connectivity index (χ1) is 7.86. The molecule has 0 amide bonds. The highest BCUT2D eigenvalue weighted by Crippen LogP contribution is 2.39. The Balaban J connectivity index is 2.24. The first-order valence-electron chi connectivity index (χ1n) is 5.56. The van der Waals surface area contributed by atoms with Crippen molar-refractivity contribution in [3.05, 3.63) is 29.8 Å². The number of rotatable bonds is 2. The molecule has 0 bridgehead atoms. The summed E-state index contributed by atoms with van der Waals surface area (Å²) in [7, 11) is 0. The van der Waals surface area contributed by atoms with Crippen LogP contribution in [0.2, 0.25) is 0 Å². The number of halogens is 3. The maximum Gasteiger partial charge on any atom is 0.418 e. The minimum absolute atomic E-state index is 0.231. The van der Waals surface area contributed by atoms with Crippen LogP contribution in [0.15, 0.2) is 24.3 Å². The lowest BCUT2D eigenvalue weighted by Crippen LogP contribution is -2.67. The van der Waals surface area contributed by atoms with Gasteiger partial charge in [-0.25, -0.2) is 0 Å². The third kappa shape index (κ3) is 2.24. The van der Waals surface area contributed by atoms with E-state index in [4.69, 9.17) is 5.73 Å². The van der Waals surface area contributed by atoms with E-state index in [1.807, 2.05) is 6.92 Å². The van der Waals surface area contributed by atoms with E-state index in [-0.39, 0.29) is 11.2 Å². The molecule has 2 N–H and O–H groups in total. The molecular weight excluding hydrogens is 229 g/mol. The molecule has 1 saturated heterocycles. The van der Waals surface area contributed by atoms with Crippen LogP contribution in [0.5, 0.6) is 0 Å². The topological polar surface area (TPSA) is 29.3 Å². The number of hydrogen-bond donors (Lipinski definition) is 1. The summed E-state index contributed by atoms with van der Waals surface area (Å²) in [5, 5.41) is 0. The zero-order valence-electron chi connectivity index (χ0n) is 9.59. The van der Waals surface area contributed by atoms with Crippen molar-refractivity contribution in [1.29, 1.82) is 0 Å². The maximum absolute atomic E-state index is 12.8. The van der Waals surface area contributed by atoms with Crippen molar-refractivity contribution in [3.63, 3.8) is 0 Å². The van der Waals surface area contributed by atoms with E-state index in [2.05, 4.69) is 0 Å². The van der Waals surface area contributed by atoms with E-state index >= 15 is 0 Å². The minimum atomic E-state index is -4.31. The van der Waals surface area contributed by atoms with Crippen molar-refractivity contribution in [2.75, 3.05) is 18.0 Å². The monoisotopic (exact) mass is 244 g/mol. The average Bonchev–Trinajstić information content (AvgIpc) is 2.23. The predicted octanol–water partition coefficient (Wildman–Crippen LogP) is 2.63. The largest absolute Gasteiger partial charge is 0.418 e. The van der Waals surface area contributed by atoms with Crippen LogP contribution in [0.1, 0.15) is 18.9 Å². The fourth-order valence-electron chi connectivity index (χ4n) is 2.10. The Morgan fingerprint density at radius 1 is 1.29 bits per heavy atom. The highest BCUT2D eigenvalue weighted by molar-refractivity contribution is 5.58. The smallest absolute Gasteiger partial charge is 0.367 e. The van der Waals surface area contributed by atoms with Crippen LogP contribution >= 0.6 is 0 Å². The molecule has 0 unspecified atom stereocenters. The summed E-state index contributed by atoms with van der Waals surface area (Å²) in [4.78, 5) is 1.69. The third-order valence-corrected chi connectivity index (χ3v) is 3.27. The van der Waals surface area contributed by atoms with Crippen molar-refractivity contribution in [3.8, 4) is 0 Å². The van der Waals surface area contributed by atoms with Crippen LogP contribution in [-0.4, -0.2) is 18.6 Å². The van der Waals surface area contributed by atoms with Gasteiger partial charge in [0.25, 0.3) is 0 Å². The molecule has 17 heavy (non-hydrogen) atoms. The Morgan fingerprint density at radius 2 is 1.88 bits per heavy atom. The Kier molecular flexibility index (Phi) is 2.81. The molecule has 1 fully saturated rings. The lowest BCUT2D eigenvalue weighted by atomic mass is 9.87. The zero-order chi connectivity index (χ0) is 12.7. The first kappa shape index (κ1) is 12.2. The summed E-state index contributed by atoms with van der Waals surface area (Å²) in [5.41, 5.74) is 5.28. The molecule has 1 heterocycles. The summed E-state index contributed by atoms with van der Waals surface area (Å²) >= 11 is 0. The number of anilines is 1. The first-order valence-corrected chi connectivity index (χ1v) is 5.56. The van der Waals surface area contributed by atoms with Crippen molar-refractivity contribution in [1.82, 2.24) is 0 Å². The van der Waals surface area contributed by atoms with Gasteiger partial charge in [0.2, 0.25) is 0 Å². The van der Waals surface area contributed by atoms with E-state index in [0.29, 0.717) is 13.1 Å². The van der Waals surface area contributed by atoms with E-state index in [0.717, 1.165) is 12.5 Å². The SMILES string of the molecule is CCC1(N)CN(c2ccccc2C(F)(F)F)C1. The number of nitrogens with two attached hydrogens (primary N) is 1. The van der Waals surface area contributed by atoms with Gasteiger partial charge < -0.3 is 10.6 Å². The van der Waals surface area contributed by atoms with Crippen LogP contribution < -0.4 is 10.6 Å². The molecule has 0 spiro atoms. The molecule has 5 heteroatoms. The number of nitrogens with zero attached hydrogens (tertiary/aromatic N) is 1. The number of hydrogen-bond acceptors (Lipinski definition) is 2. The van der Waals surface area contributed by atoms with Gasteiger partial charge in [-0.15, -0.1) is 0 Å². The van der Waals surface area contributed by atoms with Gasteiger partial charge >= 0.3 is 6.18 Å². The minimum Gasteiger partial charge on any atom is -0.367 e. The molecule has 1 aromatic rings.